The van der Waals surface area contributed by atoms with Crippen LogP contribution in [0.4, 0.5) is 0 Å². The fraction of sp³-hybridized carbons (Fsp3) is 0.778. The minimum absolute atomic E-state index is 0.137. The Bertz CT molecular complexity index is 491. The summed E-state index contributed by atoms with van der Waals surface area (Å²) >= 11 is 0. The van der Waals surface area contributed by atoms with E-state index in [1.54, 1.807) is 27.7 Å². The summed E-state index contributed by atoms with van der Waals surface area (Å²) < 4.78 is 4.73. The van der Waals surface area contributed by atoms with Crippen molar-refractivity contribution < 1.29 is 23.9 Å². The molecule has 0 rings (SSSR count). The number of esters is 1. The van der Waals surface area contributed by atoms with Crippen LogP contribution in [0.1, 0.15) is 48.0 Å². The summed E-state index contributed by atoms with van der Waals surface area (Å²) in [5.74, 6) is -1.59. The Kier molecular flexibility index (Phi) is 10.6. The summed E-state index contributed by atoms with van der Waals surface area (Å²) in [6.07, 6.45) is 0.864. The normalized spacial score (nSPS) is 14.5. The number of ether oxygens (including phenoxy) is 1. The quantitative estimate of drug-likeness (QED) is 0.364. The summed E-state index contributed by atoms with van der Waals surface area (Å²) in [5, 5.41) is 7.82. The van der Waals surface area contributed by atoms with Gasteiger partial charge in [0.2, 0.25) is 18.2 Å². The second-order valence-electron chi connectivity index (χ2n) is 7.45. The van der Waals surface area contributed by atoms with Crippen LogP contribution in [0.2, 0.25) is 0 Å². The van der Waals surface area contributed by atoms with E-state index >= 15 is 0 Å². The number of nitrogens with one attached hydrogen (secondary N) is 3. The molecular formula is C18H33N3O5. The lowest BCUT2D eigenvalue weighted by Gasteiger charge is -2.27. The summed E-state index contributed by atoms with van der Waals surface area (Å²) in [6, 6.07) is -2.35. The fourth-order valence-corrected chi connectivity index (χ4v) is 2.49. The molecule has 0 spiro atoms. The van der Waals surface area contributed by atoms with Crippen LogP contribution in [-0.4, -0.2) is 49.4 Å². The Labute approximate surface area is 155 Å². The van der Waals surface area contributed by atoms with Crippen LogP contribution in [0.15, 0.2) is 0 Å². The van der Waals surface area contributed by atoms with E-state index in [1.807, 2.05) is 13.8 Å². The highest BCUT2D eigenvalue weighted by molar-refractivity contribution is 5.92. The van der Waals surface area contributed by atoms with E-state index in [4.69, 9.17) is 4.74 Å². The van der Waals surface area contributed by atoms with Gasteiger partial charge in [-0.2, -0.15) is 0 Å². The molecular weight excluding hydrogens is 338 g/mol. The second-order valence-corrected chi connectivity index (χ2v) is 7.45. The maximum atomic E-state index is 12.7. The third kappa shape index (κ3) is 7.84. The van der Waals surface area contributed by atoms with Crippen molar-refractivity contribution in [3.63, 3.8) is 0 Å². The largest absolute Gasteiger partial charge is 0.467 e. The van der Waals surface area contributed by atoms with E-state index < -0.39 is 35.9 Å². The van der Waals surface area contributed by atoms with Crippen LogP contribution < -0.4 is 16.0 Å². The molecule has 0 saturated carbocycles. The van der Waals surface area contributed by atoms with Crippen molar-refractivity contribution >= 4 is 24.2 Å². The Morgan fingerprint density at radius 1 is 0.885 bits per heavy atom. The minimum Gasteiger partial charge on any atom is -0.467 e. The Morgan fingerprint density at radius 3 is 1.81 bits per heavy atom. The molecule has 0 aromatic heterocycles. The van der Waals surface area contributed by atoms with Gasteiger partial charge < -0.3 is 20.7 Å². The smallest absolute Gasteiger partial charge is 0.328 e. The van der Waals surface area contributed by atoms with Gasteiger partial charge in [-0.25, -0.2) is 4.79 Å². The van der Waals surface area contributed by atoms with Crippen molar-refractivity contribution in [1.29, 1.82) is 0 Å². The number of carbonyl (C=O) groups is 4. The third-order valence-corrected chi connectivity index (χ3v) is 3.96. The van der Waals surface area contributed by atoms with Crippen LogP contribution in [0.25, 0.3) is 0 Å². The molecule has 8 nitrogen and oxygen atoms in total. The fourth-order valence-electron chi connectivity index (χ4n) is 2.49. The number of carbonyl (C=O) groups excluding carboxylic acids is 4. The molecule has 0 aromatic carbocycles. The topological polar surface area (TPSA) is 114 Å². The van der Waals surface area contributed by atoms with Gasteiger partial charge >= 0.3 is 5.97 Å². The predicted octanol–water partition coefficient (Wildman–Crippen LogP) is 0.602. The summed E-state index contributed by atoms with van der Waals surface area (Å²) in [5.41, 5.74) is 0. The van der Waals surface area contributed by atoms with Crippen molar-refractivity contribution in [3.8, 4) is 0 Å². The molecule has 3 atom stereocenters. The number of hydrogen-bond acceptors (Lipinski definition) is 5. The van der Waals surface area contributed by atoms with Crippen LogP contribution in [0.3, 0.4) is 0 Å². The van der Waals surface area contributed by atoms with Gasteiger partial charge in [0.25, 0.3) is 0 Å². The van der Waals surface area contributed by atoms with Crippen LogP contribution in [0.5, 0.6) is 0 Å². The zero-order valence-corrected chi connectivity index (χ0v) is 16.8. The molecule has 0 aliphatic heterocycles. The molecule has 8 heteroatoms. The molecule has 0 aliphatic rings. The molecule has 0 radical (unpaired) electrons. The van der Waals surface area contributed by atoms with Crippen LogP contribution >= 0.6 is 0 Å². The number of rotatable bonds is 11. The highest BCUT2D eigenvalue weighted by atomic mass is 16.5. The standard InChI is InChI=1S/C18H33N3O5/c1-10(2)8-13(20-17(24)14(11(3)4)19-9-22)16(23)21-15(12(5)6)18(25)26-7/h9-15H,8H2,1-7H3,(H,19,22)(H,20,24)(H,21,23)/t13-,14-,15-/m0/s1. The van der Waals surface area contributed by atoms with E-state index in [0.717, 1.165) is 0 Å². The molecule has 0 aromatic rings. The number of amides is 3. The maximum Gasteiger partial charge on any atom is 0.328 e. The van der Waals surface area contributed by atoms with Gasteiger partial charge in [0.05, 0.1) is 7.11 Å². The first-order valence-electron chi connectivity index (χ1n) is 8.93. The average Bonchev–Trinajstić information content (AvgIpc) is 2.54. The molecule has 150 valence electrons. The first-order valence-corrected chi connectivity index (χ1v) is 8.93. The molecule has 0 aliphatic carbocycles. The summed E-state index contributed by atoms with van der Waals surface area (Å²) in [7, 11) is 1.26. The molecule has 0 fully saturated rings. The summed E-state index contributed by atoms with van der Waals surface area (Å²) in [4.78, 5) is 47.7. The van der Waals surface area contributed by atoms with Gasteiger partial charge in [-0.3, -0.25) is 14.4 Å². The highest BCUT2D eigenvalue weighted by Crippen LogP contribution is 2.10. The van der Waals surface area contributed by atoms with Gasteiger partial charge in [-0.1, -0.05) is 41.5 Å². The number of methoxy groups -OCH3 is 1. The summed E-state index contributed by atoms with van der Waals surface area (Å²) in [6.45, 7) is 11.0. The van der Waals surface area contributed by atoms with Crippen molar-refractivity contribution in [1.82, 2.24) is 16.0 Å². The monoisotopic (exact) mass is 371 g/mol. The van der Waals surface area contributed by atoms with E-state index in [2.05, 4.69) is 16.0 Å². The van der Waals surface area contributed by atoms with Crippen LogP contribution in [-0.2, 0) is 23.9 Å². The van der Waals surface area contributed by atoms with E-state index in [1.165, 1.54) is 7.11 Å². The van der Waals surface area contributed by atoms with E-state index in [-0.39, 0.29) is 17.8 Å². The zero-order valence-electron chi connectivity index (χ0n) is 16.8. The number of hydrogen-bond donors (Lipinski definition) is 3. The first-order chi connectivity index (χ1) is 12.0. The molecule has 0 unspecified atom stereocenters. The molecule has 0 heterocycles. The Hall–Kier alpha value is -2.12. The zero-order chi connectivity index (χ0) is 20.4. The Morgan fingerprint density at radius 2 is 1.42 bits per heavy atom. The molecule has 26 heavy (non-hydrogen) atoms. The van der Waals surface area contributed by atoms with E-state index in [9.17, 15) is 19.2 Å². The van der Waals surface area contributed by atoms with Gasteiger partial charge in [0.15, 0.2) is 0 Å². The van der Waals surface area contributed by atoms with Gasteiger partial charge in [-0.05, 0) is 24.2 Å². The van der Waals surface area contributed by atoms with Crippen molar-refractivity contribution in [3.05, 3.63) is 0 Å². The molecule has 0 bridgehead atoms. The average molecular weight is 371 g/mol. The van der Waals surface area contributed by atoms with E-state index in [0.29, 0.717) is 12.8 Å². The third-order valence-electron chi connectivity index (χ3n) is 3.96. The Balaban J connectivity index is 5.28. The minimum atomic E-state index is -0.817. The van der Waals surface area contributed by atoms with Crippen molar-refractivity contribution in [2.45, 2.75) is 66.1 Å². The van der Waals surface area contributed by atoms with Gasteiger partial charge in [0, 0.05) is 0 Å². The van der Waals surface area contributed by atoms with Crippen LogP contribution in [0, 0.1) is 17.8 Å². The molecule has 3 amide bonds. The molecule has 3 N–H and O–H groups in total. The first kappa shape index (κ1) is 23.9. The second kappa shape index (κ2) is 11.5. The maximum absolute atomic E-state index is 12.7. The van der Waals surface area contributed by atoms with Crippen molar-refractivity contribution in [2.75, 3.05) is 7.11 Å². The molecule has 0 saturated heterocycles. The van der Waals surface area contributed by atoms with Gasteiger partial charge in [0.1, 0.15) is 18.1 Å². The van der Waals surface area contributed by atoms with Gasteiger partial charge in [-0.15, -0.1) is 0 Å². The highest BCUT2D eigenvalue weighted by Gasteiger charge is 2.31. The lowest BCUT2D eigenvalue weighted by molar-refractivity contribution is -0.146. The van der Waals surface area contributed by atoms with Crippen molar-refractivity contribution in [2.24, 2.45) is 17.8 Å². The lowest BCUT2D eigenvalue weighted by Crippen LogP contribution is -2.57. The SMILES string of the molecule is COC(=O)[C@@H](NC(=O)[C@H](CC(C)C)NC(=O)[C@@H](NC=O)C(C)C)C(C)C. The lowest BCUT2D eigenvalue weighted by atomic mass is 9.99. The predicted molar refractivity (Wildman–Crippen MR) is 98.0 cm³/mol.